The lowest BCUT2D eigenvalue weighted by Gasteiger charge is -2.26. The normalized spacial score (nSPS) is 16.2. The molecule has 1 fully saturated rings. The standard InChI is InChI=1S/C12H15NO2S/c1-9(14)10-5-6-11(16-10)12(15)13-7-3-2-4-8-13/h5-6H,2-4,7-8H2,1H3. The van der Waals surface area contributed by atoms with Crippen LogP contribution < -0.4 is 0 Å². The zero-order valence-corrected chi connectivity index (χ0v) is 10.2. The van der Waals surface area contributed by atoms with Gasteiger partial charge in [-0.25, -0.2) is 0 Å². The highest BCUT2D eigenvalue weighted by Crippen LogP contribution is 2.20. The molecule has 86 valence electrons. The first-order valence-corrected chi connectivity index (χ1v) is 6.40. The van der Waals surface area contributed by atoms with Crippen molar-refractivity contribution in [2.24, 2.45) is 0 Å². The molecule has 0 aliphatic carbocycles. The molecule has 2 heterocycles. The molecule has 1 aromatic rings. The van der Waals surface area contributed by atoms with Crippen LogP contribution >= 0.6 is 11.3 Å². The molecule has 0 spiro atoms. The summed E-state index contributed by atoms with van der Waals surface area (Å²) in [5.74, 6) is 0.111. The number of likely N-dealkylation sites (tertiary alicyclic amines) is 1. The number of Topliss-reactive ketones (excluding diaryl/α,β-unsaturated/α-hetero) is 1. The molecule has 3 nitrogen and oxygen atoms in total. The van der Waals surface area contributed by atoms with E-state index in [0.29, 0.717) is 9.75 Å². The van der Waals surface area contributed by atoms with Gasteiger partial charge >= 0.3 is 0 Å². The first kappa shape index (κ1) is 11.3. The Bertz CT molecular complexity index is 405. The number of hydrogen-bond acceptors (Lipinski definition) is 3. The van der Waals surface area contributed by atoms with E-state index in [9.17, 15) is 9.59 Å². The first-order chi connectivity index (χ1) is 7.68. The third-order valence-corrected chi connectivity index (χ3v) is 3.98. The van der Waals surface area contributed by atoms with Gasteiger partial charge in [0.15, 0.2) is 5.78 Å². The predicted octanol–water partition coefficient (Wildman–Crippen LogP) is 2.58. The van der Waals surface area contributed by atoms with Gasteiger partial charge in [-0.2, -0.15) is 0 Å². The summed E-state index contributed by atoms with van der Waals surface area (Å²) >= 11 is 1.30. The molecule has 1 aliphatic heterocycles. The number of carbonyl (C=O) groups excluding carboxylic acids is 2. The Morgan fingerprint density at radius 3 is 2.31 bits per heavy atom. The average Bonchev–Trinajstić information content (AvgIpc) is 2.78. The molecule has 1 aliphatic rings. The van der Waals surface area contributed by atoms with E-state index in [-0.39, 0.29) is 11.7 Å². The van der Waals surface area contributed by atoms with Crippen molar-refractivity contribution in [3.63, 3.8) is 0 Å². The number of thiophene rings is 1. The number of rotatable bonds is 2. The van der Waals surface area contributed by atoms with Gasteiger partial charge in [0.25, 0.3) is 5.91 Å². The van der Waals surface area contributed by atoms with Crippen LogP contribution in [0.2, 0.25) is 0 Å². The van der Waals surface area contributed by atoms with Gasteiger partial charge in [0, 0.05) is 13.1 Å². The van der Waals surface area contributed by atoms with Gasteiger partial charge in [-0.05, 0) is 38.3 Å². The SMILES string of the molecule is CC(=O)c1ccc(C(=O)N2CCCCC2)s1. The molecule has 0 bridgehead atoms. The molecule has 1 saturated heterocycles. The van der Waals surface area contributed by atoms with E-state index in [1.54, 1.807) is 12.1 Å². The molecule has 2 rings (SSSR count). The van der Waals surface area contributed by atoms with Gasteiger partial charge in [0.2, 0.25) is 0 Å². The summed E-state index contributed by atoms with van der Waals surface area (Å²) in [6, 6.07) is 3.50. The van der Waals surface area contributed by atoms with Crippen LogP contribution in [0, 0.1) is 0 Å². The molecule has 0 radical (unpaired) electrons. The number of ketones is 1. The van der Waals surface area contributed by atoms with Crippen LogP contribution in [-0.2, 0) is 0 Å². The highest BCUT2D eigenvalue weighted by Gasteiger charge is 2.20. The maximum atomic E-state index is 12.1. The molecular weight excluding hydrogens is 222 g/mol. The second-order valence-electron chi connectivity index (χ2n) is 4.07. The Morgan fingerprint density at radius 2 is 1.75 bits per heavy atom. The molecule has 0 atom stereocenters. The average molecular weight is 237 g/mol. The monoisotopic (exact) mass is 237 g/mol. The minimum atomic E-state index is 0.0303. The lowest BCUT2D eigenvalue weighted by molar-refractivity contribution is 0.0729. The van der Waals surface area contributed by atoms with Gasteiger partial charge < -0.3 is 4.90 Å². The van der Waals surface area contributed by atoms with E-state index in [4.69, 9.17) is 0 Å². The molecule has 1 aromatic heterocycles. The van der Waals surface area contributed by atoms with Crippen LogP contribution in [0.15, 0.2) is 12.1 Å². The van der Waals surface area contributed by atoms with E-state index < -0.39 is 0 Å². The molecule has 16 heavy (non-hydrogen) atoms. The van der Waals surface area contributed by atoms with Crippen LogP contribution in [0.3, 0.4) is 0 Å². The first-order valence-electron chi connectivity index (χ1n) is 5.58. The predicted molar refractivity (Wildman–Crippen MR) is 64.1 cm³/mol. The maximum absolute atomic E-state index is 12.1. The smallest absolute Gasteiger partial charge is 0.263 e. The van der Waals surface area contributed by atoms with Gasteiger partial charge in [-0.1, -0.05) is 0 Å². The second-order valence-corrected chi connectivity index (χ2v) is 5.16. The molecular formula is C12H15NO2S. The van der Waals surface area contributed by atoms with Gasteiger partial charge in [0.1, 0.15) is 0 Å². The highest BCUT2D eigenvalue weighted by molar-refractivity contribution is 7.15. The fourth-order valence-corrected chi connectivity index (χ4v) is 2.76. The minimum absolute atomic E-state index is 0.0303. The summed E-state index contributed by atoms with van der Waals surface area (Å²) in [5.41, 5.74) is 0. The van der Waals surface area contributed by atoms with Crippen LogP contribution in [0.1, 0.15) is 45.5 Å². The van der Waals surface area contributed by atoms with E-state index in [0.717, 1.165) is 25.9 Å². The van der Waals surface area contributed by atoms with Crippen LogP contribution in [0.5, 0.6) is 0 Å². The fourth-order valence-electron chi connectivity index (χ4n) is 1.89. The topological polar surface area (TPSA) is 37.4 Å². The van der Waals surface area contributed by atoms with E-state index in [1.807, 2.05) is 4.90 Å². The number of nitrogens with zero attached hydrogens (tertiary/aromatic N) is 1. The van der Waals surface area contributed by atoms with Crippen molar-refractivity contribution in [1.29, 1.82) is 0 Å². The number of amides is 1. The number of hydrogen-bond donors (Lipinski definition) is 0. The summed E-state index contributed by atoms with van der Waals surface area (Å²) in [5, 5.41) is 0. The van der Waals surface area contributed by atoms with Gasteiger partial charge in [-0.3, -0.25) is 9.59 Å². The van der Waals surface area contributed by atoms with Crippen molar-refractivity contribution in [3.8, 4) is 0 Å². The fraction of sp³-hybridized carbons (Fsp3) is 0.500. The van der Waals surface area contributed by atoms with Crippen molar-refractivity contribution in [2.75, 3.05) is 13.1 Å². The number of piperidine rings is 1. The molecule has 4 heteroatoms. The van der Waals surface area contributed by atoms with E-state index >= 15 is 0 Å². The third-order valence-electron chi connectivity index (χ3n) is 2.81. The molecule has 0 aromatic carbocycles. The van der Waals surface area contributed by atoms with Crippen molar-refractivity contribution < 1.29 is 9.59 Å². The maximum Gasteiger partial charge on any atom is 0.263 e. The van der Waals surface area contributed by atoms with Crippen molar-refractivity contribution in [3.05, 3.63) is 21.9 Å². The Kier molecular flexibility index (Phi) is 3.39. The van der Waals surface area contributed by atoms with E-state index in [2.05, 4.69) is 0 Å². The summed E-state index contributed by atoms with van der Waals surface area (Å²) in [6.45, 7) is 3.24. The second kappa shape index (κ2) is 4.78. The molecule has 0 unspecified atom stereocenters. The van der Waals surface area contributed by atoms with Crippen molar-refractivity contribution in [2.45, 2.75) is 26.2 Å². The van der Waals surface area contributed by atoms with Crippen LogP contribution in [0.25, 0.3) is 0 Å². The minimum Gasteiger partial charge on any atom is -0.338 e. The van der Waals surface area contributed by atoms with Gasteiger partial charge in [0.05, 0.1) is 9.75 Å². The lowest BCUT2D eigenvalue weighted by atomic mass is 10.1. The summed E-state index contributed by atoms with van der Waals surface area (Å²) in [4.78, 5) is 26.4. The largest absolute Gasteiger partial charge is 0.338 e. The molecule has 1 amide bonds. The summed E-state index contributed by atoms with van der Waals surface area (Å²) < 4.78 is 0. The number of carbonyl (C=O) groups is 2. The summed E-state index contributed by atoms with van der Waals surface area (Å²) in [7, 11) is 0. The zero-order chi connectivity index (χ0) is 11.5. The van der Waals surface area contributed by atoms with Gasteiger partial charge in [-0.15, -0.1) is 11.3 Å². The van der Waals surface area contributed by atoms with E-state index in [1.165, 1.54) is 24.7 Å². The third kappa shape index (κ3) is 2.32. The lowest BCUT2D eigenvalue weighted by Crippen LogP contribution is -2.35. The Hall–Kier alpha value is -1.16. The van der Waals surface area contributed by atoms with Crippen molar-refractivity contribution >= 4 is 23.0 Å². The van der Waals surface area contributed by atoms with Crippen LogP contribution in [-0.4, -0.2) is 29.7 Å². The molecule has 0 N–H and O–H groups in total. The van der Waals surface area contributed by atoms with Crippen LogP contribution in [0.4, 0.5) is 0 Å². The quantitative estimate of drug-likeness (QED) is 0.741. The Labute approximate surface area is 99.1 Å². The highest BCUT2D eigenvalue weighted by atomic mass is 32.1. The Morgan fingerprint density at radius 1 is 1.12 bits per heavy atom. The zero-order valence-electron chi connectivity index (χ0n) is 9.36. The Balaban J connectivity index is 2.10. The molecule has 0 saturated carbocycles. The summed E-state index contributed by atoms with van der Waals surface area (Å²) in [6.07, 6.45) is 3.40. The van der Waals surface area contributed by atoms with Crippen molar-refractivity contribution in [1.82, 2.24) is 4.90 Å².